The summed E-state index contributed by atoms with van der Waals surface area (Å²) in [5.74, 6) is -0.0197. The second kappa shape index (κ2) is 12.7. The molecule has 1 saturated heterocycles. The average Bonchev–Trinajstić information content (AvgIpc) is 3.15. The van der Waals surface area contributed by atoms with Crippen molar-refractivity contribution < 1.29 is 23.9 Å². The fourth-order valence-corrected chi connectivity index (χ4v) is 5.21. The van der Waals surface area contributed by atoms with Gasteiger partial charge in [0.15, 0.2) is 11.5 Å². The number of aryl methyl sites for hydroxylation is 2. The largest absolute Gasteiger partial charge is 0.490 e. The number of rotatable bonds is 9. The summed E-state index contributed by atoms with van der Waals surface area (Å²) in [5.41, 5.74) is 4.18. The molecule has 1 fully saturated rings. The van der Waals surface area contributed by atoms with Gasteiger partial charge in [-0.05, 0) is 85.6 Å². The first-order valence-corrected chi connectivity index (χ1v) is 14.1. The van der Waals surface area contributed by atoms with Crippen molar-refractivity contribution in [3.05, 3.63) is 91.3 Å². The highest BCUT2D eigenvalue weighted by atomic mass is 79.9. The maximum atomic E-state index is 13.0. The Morgan fingerprint density at radius 3 is 2.51 bits per heavy atom. The predicted octanol–water partition coefficient (Wildman–Crippen LogP) is 7.37. The molecule has 3 aromatic rings. The van der Waals surface area contributed by atoms with Gasteiger partial charge in [0.05, 0.1) is 11.5 Å². The van der Waals surface area contributed by atoms with Gasteiger partial charge in [0.25, 0.3) is 11.1 Å². The lowest BCUT2D eigenvalue weighted by molar-refractivity contribution is -0.127. The fourth-order valence-electron chi connectivity index (χ4n) is 3.75. The molecule has 1 aliphatic heterocycles. The Balaban J connectivity index is 1.49. The van der Waals surface area contributed by atoms with Crippen LogP contribution in [0.5, 0.6) is 11.5 Å². The van der Waals surface area contributed by atoms with Crippen LogP contribution in [0.4, 0.5) is 10.5 Å². The Kier molecular flexibility index (Phi) is 9.37. The number of imide groups is 1. The van der Waals surface area contributed by atoms with E-state index in [1.54, 1.807) is 30.3 Å². The fraction of sp³-hybridized carbons (Fsp3) is 0.207. The summed E-state index contributed by atoms with van der Waals surface area (Å²) in [6.07, 6.45) is 1.59. The maximum absolute atomic E-state index is 13.0. The molecule has 1 N–H and O–H groups in total. The zero-order valence-electron chi connectivity index (χ0n) is 21.5. The van der Waals surface area contributed by atoms with Crippen molar-refractivity contribution in [2.45, 2.75) is 27.4 Å². The van der Waals surface area contributed by atoms with E-state index in [0.717, 1.165) is 33.4 Å². The van der Waals surface area contributed by atoms with Gasteiger partial charge in [-0.25, -0.2) is 0 Å². The lowest BCUT2D eigenvalue weighted by Crippen LogP contribution is -2.36. The van der Waals surface area contributed by atoms with Gasteiger partial charge >= 0.3 is 0 Å². The van der Waals surface area contributed by atoms with Crippen LogP contribution in [-0.2, 0) is 16.2 Å². The van der Waals surface area contributed by atoms with Crippen LogP contribution in [-0.4, -0.2) is 35.1 Å². The molecule has 0 atom stereocenters. The second-order valence-electron chi connectivity index (χ2n) is 8.75. The summed E-state index contributed by atoms with van der Waals surface area (Å²) in [6, 6.07) is 16.4. The minimum atomic E-state index is -0.538. The van der Waals surface area contributed by atoms with Crippen molar-refractivity contribution in [2.24, 2.45) is 0 Å². The highest BCUT2D eigenvalue weighted by Gasteiger charge is 2.36. The predicted molar refractivity (Wildman–Crippen MR) is 158 cm³/mol. The number of nitrogens with zero attached hydrogens (tertiary/aromatic N) is 1. The molecular weight excluding hydrogens is 604 g/mol. The van der Waals surface area contributed by atoms with Crippen LogP contribution in [0.15, 0.2) is 64.0 Å². The van der Waals surface area contributed by atoms with Crippen LogP contribution < -0.4 is 14.8 Å². The number of thioether (sulfide) groups is 1. The Labute approximate surface area is 244 Å². The highest BCUT2D eigenvalue weighted by molar-refractivity contribution is 9.10. The molecule has 39 heavy (non-hydrogen) atoms. The molecule has 0 bridgehead atoms. The molecule has 1 aliphatic rings. The summed E-state index contributed by atoms with van der Waals surface area (Å²) in [5, 5.41) is 2.84. The zero-order chi connectivity index (χ0) is 28.1. The number of halogens is 2. The zero-order valence-corrected chi connectivity index (χ0v) is 24.7. The number of nitrogens with one attached hydrogen (secondary N) is 1. The Bertz CT molecular complexity index is 1480. The number of hydrogen-bond donors (Lipinski definition) is 1. The molecule has 10 heteroatoms. The van der Waals surface area contributed by atoms with Gasteiger partial charge in [0.2, 0.25) is 5.91 Å². The van der Waals surface area contributed by atoms with E-state index in [-0.39, 0.29) is 18.1 Å². The van der Waals surface area contributed by atoms with E-state index in [9.17, 15) is 14.4 Å². The third-order valence-electron chi connectivity index (χ3n) is 5.96. The summed E-state index contributed by atoms with van der Waals surface area (Å²) in [4.78, 5) is 39.4. The second-order valence-corrected chi connectivity index (χ2v) is 11.0. The average molecular weight is 630 g/mol. The number of ether oxygens (including phenoxy) is 2. The quantitative estimate of drug-likeness (QED) is 0.249. The maximum Gasteiger partial charge on any atom is 0.294 e. The molecule has 0 aromatic heterocycles. The topological polar surface area (TPSA) is 84.9 Å². The molecule has 3 amide bonds. The smallest absolute Gasteiger partial charge is 0.294 e. The monoisotopic (exact) mass is 628 g/mol. The summed E-state index contributed by atoms with van der Waals surface area (Å²) in [7, 11) is 0. The lowest BCUT2D eigenvalue weighted by atomic mass is 10.1. The highest BCUT2D eigenvalue weighted by Crippen LogP contribution is 2.38. The summed E-state index contributed by atoms with van der Waals surface area (Å²) in [6.45, 7) is 6.04. The Morgan fingerprint density at radius 1 is 1.05 bits per heavy atom. The molecule has 4 rings (SSSR count). The Hall–Kier alpha value is -3.27. The minimum Gasteiger partial charge on any atom is -0.490 e. The molecular formula is C29H26BrClN2O5S. The molecule has 202 valence electrons. The van der Waals surface area contributed by atoms with Crippen molar-refractivity contribution in [3.63, 3.8) is 0 Å². The van der Waals surface area contributed by atoms with E-state index < -0.39 is 17.1 Å². The normalized spacial score (nSPS) is 14.2. The first-order chi connectivity index (χ1) is 18.7. The number of amides is 3. The van der Waals surface area contributed by atoms with Crippen LogP contribution in [0.25, 0.3) is 6.08 Å². The molecule has 0 spiro atoms. The number of carbonyl (C=O) groups is 3. The van der Waals surface area contributed by atoms with Crippen molar-refractivity contribution in [1.29, 1.82) is 0 Å². The third-order valence-corrected chi connectivity index (χ3v) is 7.92. The Morgan fingerprint density at radius 2 is 1.79 bits per heavy atom. The minimum absolute atomic E-state index is 0.201. The number of hydrogen-bond acceptors (Lipinski definition) is 6. The molecule has 0 saturated carbocycles. The van der Waals surface area contributed by atoms with Crippen LogP contribution in [0.1, 0.15) is 29.2 Å². The van der Waals surface area contributed by atoms with Crippen LogP contribution in [0.3, 0.4) is 0 Å². The van der Waals surface area contributed by atoms with E-state index in [2.05, 4.69) is 21.2 Å². The van der Waals surface area contributed by atoms with Gasteiger partial charge in [0.1, 0.15) is 13.2 Å². The third kappa shape index (κ3) is 7.03. The van der Waals surface area contributed by atoms with Gasteiger partial charge < -0.3 is 14.8 Å². The van der Waals surface area contributed by atoms with Crippen LogP contribution in [0.2, 0.25) is 5.02 Å². The van der Waals surface area contributed by atoms with Crippen molar-refractivity contribution in [1.82, 2.24) is 4.90 Å². The SMILES string of the molecule is CCOc1cc(/C=C2/SC(=O)N(CC(=O)Nc3ccc(C)c(C)c3)C2=O)c(Br)cc1OCc1ccccc1Cl. The molecule has 7 nitrogen and oxygen atoms in total. The number of carbonyl (C=O) groups excluding carboxylic acids is 3. The van der Waals surface area contributed by atoms with Crippen molar-refractivity contribution in [3.8, 4) is 11.5 Å². The van der Waals surface area contributed by atoms with Gasteiger partial charge in [-0.15, -0.1) is 0 Å². The molecule has 0 unspecified atom stereocenters. The number of benzene rings is 3. The molecule has 0 radical (unpaired) electrons. The van der Waals surface area contributed by atoms with Crippen LogP contribution >= 0.6 is 39.3 Å². The van der Waals surface area contributed by atoms with Gasteiger partial charge in [-0.2, -0.15) is 0 Å². The van der Waals surface area contributed by atoms with E-state index in [0.29, 0.717) is 38.9 Å². The van der Waals surface area contributed by atoms with Crippen LogP contribution in [0, 0.1) is 13.8 Å². The van der Waals surface area contributed by atoms with Gasteiger partial charge in [-0.1, -0.05) is 51.8 Å². The van der Waals surface area contributed by atoms with Crippen molar-refractivity contribution in [2.75, 3.05) is 18.5 Å². The van der Waals surface area contributed by atoms with Crippen molar-refractivity contribution >= 4 is 68.1 Å². The summed E-state index contributed by atoms with van der Waals surface area (Å²) < 4.78 is 12.4. The van der Waals surface area contributed by atoms with E-state index in [4.69, 9.17) is 21.1 Å². The van der Waals surface area contributed by atoms with Gasteiger partial charge in [-0.3, -0.25) is 19.3 Å². The van der Waals surface area contributed by atoms with E-state index >= 15 is 0 Å². The molecule has 3 aromatic carbocycles. The first kappa shape index (κ1) is 28.7. The molecule has 0 aliphatic carbocycles. The first-order valence-electron chi connectivity index (χ1n) is 12.1. The van der Waals surface area contributed by atoms with E-state index in [1.165, 1.54) is 0 Å². The lowest BCUT2D eigenvalue weighted by Gasteiger charge is -2.15. The number of anilines is 1. The van der Waals surface area contributed by atoms with E-state index in [1.807, 2.05) is 51.1 Å². The molecule has 1 heterocycles. The van der Waals surface area contributed by atoms with Gasteiger partial charge in [0, 0.05) is 20.7 Å². The standard InChI is InChI=1S/C29H26BrClN2O5S/c1-4-37-24-12-20(22(30)14-25(24)38-16-19-7-5-6-8-23(19)31)13-26-28(35)33(29(36)39-26)15-27(34)32-21-10-9-17(2)18(3)11-21/h5-14H,4,15-16H2,1-3H3,(H,32,34)/b26-13+. The summed E-state index contributed by atoms with van der Waals surface area (Å²) >= 11 is 10.6.